The van der Waals surface area contributed by atoms with Gasteiger partial charge in [0, 0.05) is 50.9 Å². The first-order valence-corrected chi connectivity index (χ1v) is 9.97. The molecular formula is C22H23F2N5O. The average molecular weight is 411 g/mol. The van der Waals surface area contributed by atoms with Crippen LogP contribution in [0.5, 0.6) is 0 Å². The Morgan fingerprint density at radius 1 is 1.17 bits per heavy atom. The third kappa shape index (κ3) is 4.12. The number of carbonyl (C=O) groups excluding carboxylic acids is 1. The molecule has 3 heterocycles. The highest BCUT2D eigenvalue weighted by Crippen LogP contribution is 2.31. The molecule has 0 radical (unpaired) electrons. The number of aromatic nitrogens is 1. The number of halogens is 2. The maximum atomic E-state index is 13.4. The molecule has 0 unspecified atom stereocenters. The van der Waals surface area contributed by atoms with Crippen molar-refractivity contribution in [1.29, 1.82) is 5.26 Å². The second-order valence-corrected chi connectivity index (χ2v) is 7.96. The molecular weight excluding hydrogens is 388 g/mol. The molecule has 2 aromatic rings. The molecule has 0 atom stereocenters. The van der Waals surface area contributed by atoms with E-state index in [0.29, 0.717) is 16.9 Å². The second kappa shape index (κ2) is 8.00. The third-order valence-electron chi connectivity index (χ3n) is 5.71. The lowest BCUT2D eigenvalue weighted by atomic mass is 10.1. The van der Waals surface area contributed by atoms with Gasteiger partial charge in [0.25, 0.3) is 11.8 Å². The molecule has 1 amide bonds. The minimum Gasteiger partial charge on any atom is -0.338 e. The normalized spacial score (nSPS) is 19.1. The molecule has 30 heavy (non-hydrogen) atoms. The number of nitrogens with zero attached hydrogens (tertiary/aromatic N) is 5. The Labute approximate surface area is 174 Å². The summed E-state index contributed by atoms with van der Waals surface area (Å²) in [5, 5.41) is 9.04. The number of alkyl halides is 2. The van der Waals surface area contributed by atoms with Gasteiger partial charge >= 0.3 is 0 Å². The van der Waals surface area contributed by atoms with Crippen molar-refractivity contribution >= 4 is 17.4 Å². The quantitative estimate of drug-likeness (QED) is 0.773. The van der Waals surface area contributed by atoms with Crippen molar-refractivity contribution in [3.05, 3.63) is 53.7 Å². The molecule has 2 fully saturated rings. The van der Waals surface area contributed by atoms with Crippen LogP contribution in [0.15, 0.2) is 42.6 Å². The van der Waals surface area contributed by atoms with E-state index in [1.54, 1.807) is 24.3 Å². The van der Waals surface area contributed by atoms with Crippen molar-refractivity contribution in [2.24, 2.45) is 0 Å². The molecule has 1 aromatic heterocycles. The number of carbonyl (C=O) groups is 1. The molecule has 0 N–H and O–H groups in total. The van der Waals surface area contributed by atoms with Crippen LogP contribution in [0.2, 0.25) is 0 Å². The minimum absolute atomic E-state index is 0.0549. The molecule has 8 heteroatoms. The summed E-state index contributed by atoms with van der Waals surface area (Å²) in [5.74, 6) is -2.24. The van der Waals surface area contributed by atoms with Crippen molar-refractivity contribution < 1.29 is 13.6 Å². The summed E-state index contributed by atoms with van der Waals surface area (Å²) < 4.78 is 26.7. The van der Waals surface area contributed by atoms with E-state index in [2.05, 4.69) is 20.9 Å². The van der Waals surface area contributed by atoms with Crippen LogP contribution in [0.4, 0.5) is 20.3 Å². The number of amides is 1. The summed E-state index contributed by atoms with van der Waals surface area (Å²) in [7, 11) is 2.05. The number of piperidine rings is 1. The number of likely N-dealkylation sites (tertiary alicyclic amines) is 2. The number of pyridine rings is 1. The SMILES string of the molecule is CN1CC(N(c2ccc(C#N)cc2)c2ccc(C(=O)N3CCC(F)(F)CC3)cn2)C1. The van der Waals surface area contributed by atoms with Gasteiger partial charge < -0.3 is 14.7 Å². The van der Waals surface area contributed by atoms with Crippen molar-refractivity contribution in [2.45, 2.75) is 24.8 Å². The maximum absolute atomic E-state index is 13.4. The van der Waals surface area contributed by atoms with Crippen LogP contribution in [0.3, 0.4) is 0 Å². The van der Waals surface area contributed by atoms with E-state index in [1.807, 2.05) is 19.2 Å². The zero-order valence-corrected chi connectivity index (χ0v) is 16.8. The maximum Gasteiger partial charge on any atom is 0.255 e. The molecule has 156 valence electrons. The molecule has 4 rings (SSSR count). The summed E-state index contributed by atoms with van der Waals surface area (Å²) >= 11 is 0. The van der Waals surface area contributed by atoms with E-state index in [0.717, 1.165) is 18.8 Å². The van der Waals surface area contributed by atoms with Gasteiger partial charge in [-0.3, -0.25) is 4.79 Å². The van der Waals surface area contributed by atoms with Gasteiger partial charge in [-0.2, -0.15) is 5.26 Å². The Kier molecular flexibility index (Phi) is 5.39. The van der Waals surface area contributed by atoms with Crippen LogP contribution in [-0.2, 0) is 0 Å². The highest BCUT2D eigenvalue weighted by molar-refractivity contribution is 5.94. The highest BCUT2D eigenvalue weighted by Gasteiger charge is 2.36. The highest BCUT2D eigenvalue weighted by atomic mass is 19.3. The van der Waals surface area contributed by atoms with Gasteiger partial charge in [-0.15, -0.1) is 0 Å². The number of rotatable bonds is 4. The van der Waals surface area contributed by atoms with Crippen LogP contribution in [0, 0.1) is 11.3 Å². The summed E-state index contributed by atoms with van der Waals surface area (Å²) in [4.78, 5) is 23.0. The van der Waals surface area contributed by atoms with Gasteiger partial charge in [-0.05, 0) is 43.4 Å². The zero-order valence-electron chi connectivity index (χ0n) is 16.8. The number of hydrogen-bond donors (Lipinski definition) is 0. The smallest absolute Gasteiger partial charge is 0.255 e. The molecule has 2 aliphatic rings. The number of hydrogen-bond acceptors (Lipinski definition) is 5. The summed E-state index contributed by atoms with van der Waals surface area (Å²) in [5.41, 5.74) is 1.91. The second-order valence-electron chi connectivity index (χ2n) is 7.96. The first-order chi connectivity index (χ1) is 14.4. The van der Waals surface area contributed by atoms with Crippen LogP contribution in [-0.4, -0.2) is 65.9 Å². The number of anilines is 2. The monoisotopic (exact) mass is 411 g/mol. The van der Waals surface area contributed by atoms with E-state index < -0.39 is 5.92 Å². The van der Waals surface area contributed by atoms with Crippen molar-refractivity contribution in [2.75, 3.05) is 38.1 Å². The van der Waals surface area contributed by atoms with Crippen LogP contribution in [0.25, 0.3) is 0 Å². The van der Waals surface area contributed by atoms with Crippen LogP contribution >= 0.6 is 0 Å². The molecule has 0 bridgehead atoms. The first kappa shape index (κ1) is 20.2. The van der Waals surface area contributed by atoms with Gasteiger partial charge in [-0.25, -0.2) is 13.8 Å². The molecule has 0 aliphatic carbocycles. The lowest BCUT2D eigenvalue weighted by Gasteiger charge is -2.44. The third-order valence-corrected chi connectivity index (χ3v) is 5.71. The van der Waals surface area contributed by atoms with Gasteiger partial charge in [0.15, 0.2) is 0 Å². The zero-order chi connectivity index (χ0) is 21.3. The standard InChI is InChI=1S/C22H23F2N5O/c1-27-14-19(15-27)29(18-5-2-16(12-25)3-6-18)20-7-4-17(13-26-20)21(30)28-10-8-22(23,24)9-11-28/h2-7,13,19H,8-11,14-15H2,1H3. The molecule has 2 aliphatic heterocycles. The Balaban J connectivity index is 1.53. The van der Waals surface area contributed by atoms with E-state index >= 15 is 0 Å². The van der Waals surface area contributed by atoms with Gasteiger partial charge in [-0.1, -0.05) is 0 Å². The molecule has 2 saturated heterocycles. The van der Waals surface area contributed by atoms with Crippen molar-refractivity contribution in [3.63, 3.8) is 0 Å². The predicted molar refractivity (Wildman–Crippen MR) is 109 cm³/mol. The minimum atomic E-state index is -2.68. The molecule has 1 aromatic carbocycles. The first-order valence-electron chi connectivity index (χ1n) is 9.97. The molecule has 6 nitrogen and oxygen atoms in total. The van der Waals surface area contributed by atoms with Crippen LogP contribution < -0.4 is 4.90 Å². The summed E-state index contributed by atoms with van der Waals surface area (Å²) in [6.07, 6.45) is 0.918. The Morgan fingerprint density at radius 3 is 2.37 bits per heavy atom. The van der Waals surface area contributed by atoms with Crippen molar-refractivity contribution in [1.82, 2.24) is 14.8 Å². The lowest BCUT2D eigenvalue weighted by molar-refractivity contribution is -0.0494. The van der Waals surface area contributed by atoms with Crippen LogP contribution in [0.1, 0.15) is 28.8 Å². The fourth-order valence-corrected chi connectivity index (χ4v) is 3.93. The van der Waals surface area contributed by atoms with Crippen molar-refractivity contribution in [3.8, 4) is 6.07 Å². The summed E-state index contributed by atoms with van der Waals surface area (Å²) in [6.45, 7) is 1.87. The predicted octanol–water partition coefficient (Wildman–Crippen LogP) is 3.28. The number of nitriles is 1. The van der Waals surface area contributed by atoms with E-state index in [9.17, 15) is 13.6 Å². The lowest BCUT2D eigenvalue weighted by Crippen LogP contribution is -2.56. The average Bonchev–Trinajstić information content (AvgIpc) is 2.73. The topological polar surface area (TPSA) is 63.5 Å². The number of likely N-dealkylation sites (N-methyl/N-ethyl adjacent to an activating group) is 1. The number of benzene rings is 1. The summed E-state index contributed by atoms with van der Waals surface area (Å²) in [6, 6.07) is 13.2. The fourth-order valence-electron chi connectivity index (χ4n) is 3.93. The Hall–Kier alpha value is -3.05. The van der Waals surface area contributed by atoms with E-state index in [-0.39, 0.29) is 37.9 Å². The molecule has 0 spiro atoms. The van der Waals surface area contributed by atoms with Gasteiger partial charge in [0.05, 0.1) is 23.2 Å². The Morgan fingerprint density at radius 2 is 1.83 bits per heavy atom. The Bertz CT molecular complexity index is 939. The van der Waals surface area contributed by atoms with Gasteiger partial charge in [0.1, 0.15) is 5.82 Å². The van der Waals surface area contributed by atoms with Gasteiger partial charge in [0.2, 0.25) is 0 Å². The van der Waals surface area contributed by atoms with E-state index in [1.165, 1.54) is 11.1 Å². The molecule has 0 saturated carbocycles. The van der Waals surface area contributed by atoms with E-state index in [4.69, 9.17) is 5.26 Å². The fraction of sp³-hybridized carbons (Fsp3) is 0.409. The largest absolute Gasteiger partial charge is 0.338 e.